The Hall–Kier alpha value is 0. The fraction of sp³-hybridized carbons (Fsp3) is 1.00. The van der Waals surface area contributed by atoms with E-state index in [0.717, 1.165) is 0 Å². The number of rotatable bonds is 0. The van der Waals surface area contributed by atoms with E-state index in [2.05, 4.69) is 0 Å². The van der Waals surface area contributed by atoms with Gasteiger partial charge >= 0.3 is 0 Å². The minimum atomic E-state index is -2.79. The van der Waals surface area contributed by atoms with Crippen LogP contribution in [-0.2, 0) is 0 Å². The van der Waals surface area contributed by atoms with Gasteiger partial charge in [0, 0.05) is 11.0 Å². The molecular formula is C5H10. The molecule has 1 aliphatic rings. The van der Waals surface area contributed by atoms with E-state index in [-0.39, 0.29) is 0 Å². The molecule has 0 saturated heterocycles. The summed E-state index contributed by atoms with van der Waals surface area (Å²) in [5.74, 6) is 0. The second-order valence-electron chi connectivity index (χ2n) is 0.780. The highest BCUT2D eigenvalue weighted by Crippen LogP contribution is 2.15. The summed E-state index contributed by atoms with van der Waals surface area (Å²) in [5.41, 5.74) is 0. The molecule has 0 unspecified atom stereocenters. The predicted octanol–water partition coefficient (Wildman–Crippen LogP) is 1.95. The van der Waals surface area contributed by atoms with E-state index in [1.54, 1.807) is 0 Å². The van der Waals surface area contributed by atoms with E-state index in [1.807, 2.05) is 0 Å². The highest BCUT2D eigenvalue weighted by atomic mass is 14.0. The van der Waals surface area contributed by atoms with Crippen molar-refractivity contribution < 1.29 is 11.0 Å². The van der Waals surface area contributed by atoms with E-state index in [9.17, 15) is 0 Å². The molecule has 1 saturated carbocycles. The van der Waals surface area contributed by atoms with Gasteiger partial charge in [-0.15, -0.1) is 0 Å². The highest BCUT2D eigenvalue weighted by Gasteiger charge is 1.95. The first-order valence-corrected chi connectivity index (χ1v) is 1.46. The van der Waals surface area contributed by atoms with Crippen molar-refractivity contribution in [3.63, 3.8) is 0 Å². The lowest BCUT2D eigenvalue weighted by Crippen LogP contribution is -1.47. The van der Waals surface area contributed by atoms with Crippen molar-refractivity contribution >= 4 is 0 Å². The molecule has 1 fully saturated rings. The molecule has 0 nitrogen and oxygen atoms in total. The van der Waals surface area contributed by atoms with Crippen LogP contribution in [0.2, 0.25) is 0 Å². The zero-order chi connectivity index (χ0) is 10.7. The van der Waals surface area contributed by atoms with Gasteiger partial charge in [0.15, 0.2) is 0 Å². The van der Waals surface area contributed by atoms with E-state index < -0.39 is 31.9 Å². The highest BCUT2D eigenvalue weighted by molar-refractivity contribution is 4.51. The van der Waals surface area contributed by atoms with Crippen LogP contribution in [0.15, 0.2) is 0 Å². The first kappa shape index (κ1) is 0.473. The molecule has 0 aromatic rings. The molecule has 30 valence electrons. The Kier molecular flexibility index (Phi) is 0.136. The second-order valence-corrected chi connectivity index (χ2v) is 0.780. The van der Waals surface area contributed by atoms with Crippen molar-refractivity contribution in [2.45, 2.75) is 31.9 Å². The normalized spacial score (nSPS) is 88.0. The van der Waals surface area contributed by atoms with Crippen molar-refractivity contribution in [3.8, 4) is 0 Å². The molecule has 0 spiro atoms. The molecule has 0 bridgehead atoms. The second kappa shape index (κ2) is 1.44. The molecule has 0 N–H and O–H groups in total. The summed E-state index contributed by atoms with van der Waals surface area (Å²) < 4.78 is 57.7. The van der Waals surface area contributed by atoms with Crippen LogP contribution in [0.4, 0.5) is 0 Å². The third-order valence-corrected chi connectivity index (χ3v) is 0.416. The van der Waals surface area contributed by atoms with Gasteiger partial charge in [0.05, 0.1) is 0 Å². The largest absolute Gasteiger partial charge is 0.0533 e. The Balaban J connectivity index is 3.24. The third kappa shape index (κ3) is 0.640. The first-order chi connectivity index (χ1) is 5.46. The average Bonchev–Trinajstić information content (AvgIpc) is 1.88. The van der Waals surface area contributed by atoms with Gasteiger partial charge in [0.1, 0.15) is 0 Å². The fourth-order valence-corrected chi connectivity index (χ4v) is 0.221. The smallest absolute Gasteiger partial charge is 0.0267 e. The SMILES string of the molecule is [2H]C1([2H])CC([2H])([2H])C([2H])([2H])C1([2H])[2H]. The summed E-state index contributed by atoms with van der Waals surface area (Å²) >= 11 is 0. The average molecular weight is 78.2 g/mol. The maximum atomic E-state index is 7.22. The summed E-state index contributed by atoms with van der Waals surface area (Å²) in [6.45, 7) is 0. The topological polar surface area (TPSA) is 0 Å². The van der Waals surface area contributed by atoms with Gasteiger partial charge < -0.3 is 0 Å². The Morgan fingerprint density at radius 3 is 1.80 bits per heavy atom. The molecule has 1 aliphatic carbocycles. The van der Waals surface area contributed by atoms with Crippen molar-refractivity contribution in [2.75, 3.05) is 0 Å². The third-order valence-electron chi connectivity index (χ3n) is 0.416. The van der Waals surface area contributed by atoms with E-state index in [1.165, 1.54) is 0 Å². The van der Waals surface area contributed by atoms with Crippen molar-refractivity contribution in [1.82, 2.24) is 0 Å². The van der Waals surface area contributed by atoms with Crippen LogP contribution in [-0.4, -0.2) is 0 Å². The standard InChI is InChI=1S/C5H10/c1-2-4-5-3-1/h1-5H2/i1D2,2D2,3D2,4D2. The first-order valence-electron chi connectivity index (χ1n) is 5.46. The summed E-state index contributed by atoms with van der Waals surface area (Å²) in [4.78, 5) is 0. The van der Waals surface area contributed by atoms with Crippen molar-refractivity contribution in [1.29, 1.82) is 0 Å². The van der Waals surface area contributed by atoms with Gasteiger partial charge in [0.2, 0.25) is 0 Å². The van der Waals surface area contributed by atoms with Gasteiger partial charge in [-0.2, -0.15) is 0 Å². The number of hydrogen-bond donors (Lipinski definition) is 0. The van der Waals surface area contributed by atoms with Gasteiger partial charge in [-0.05, 0) is 0 Å². The molecule has 5 heavy (non-hydrogen) atoms. The summed E-state index contributed by atoms with van der Waals surface area (Å²) in [5, 5.41) is 0. The summed E-state index contributed by atoms with van der Waals surface area (Å²) in [7, 11) is 0. The van der Waals surface area contributed by atoms with Crippen LogP contribution in [0.3, 0.4) is 0 Å². The van der Waals surface area contributed by atoms with Crippen LogP contribution >= 0.6 is 0 Å². The van der Waals surface area contributed by atoms with E-state index in [0.29, 0.717) is 0 Å². The monoisotopic (exact) mass is 78.1 g/mol. The molecular weight excluding hydrogens is 60.1 g/mol. The van der Waals surface area contributed by atoms with Gasteiger partial charge in [0.25, 0.3) is 0 Å². The van der Waals surface area contributed by atoms with Crippen molar-refractivity contribution in [3.05, 3.63) is 0 Å². The fourth-order valence-electron chi connectivity index (χ4n) is 0.221. The maximum absolute atomic E-state index is 7.22. The van der Waals surface area contributed by atoms with Crippen LogP contribution in [0.1, 0.15) is 42.9 Å². The lowest BCUT2D eigenvalue weighted by atomic mass is 10.4. The molecule has 0 atom stereocenters. The molecule has 0 heterocycles. The lowest BCUT2D eigenvalue weighted by Gasteiger charge is -1.67. The van der Waals surface area contributed by atoms with Crippen LogP contribution in [0.25, 0.3) is 0 Å². The molecule has 0 aliphatic heterocycles. The van der Waals surface area contributed by atoms with E-state index in [4.69, 9.17) is 11.0 Å². The molecule has 0 aromatic heterocycles. The van der Waals surface area contributed by atoms with Gasteiger partial charge in [-0.25, -0.2) is 0 Å². The van der Waals surface area contributed by atoms with Crippen LogP contribution in [0.5, 0.6) is 0 Å². The summed E-state index contributed by atoms with van der Waals surface area (Å²) in [6, 6.07) is 0. The van der Waals surface area contributed by atoms with Crippen LogP contribution in [0, 0.1) is 0 Å². The molecule has 0 radical (unpaired) electrons. The van der Waals surface area contributed by atoms with E-state index >= 15 is 0 Å². The maximum Gasteiger partial charge on any atom is 0.0267 e. The minimum Gasteiger partial charge on any atom is -0.0533 e. The zero-order valence-electron chi connectivity index (χ0n) is 10.7. The molecule has 0 heteroatoms. The van der Waals surface area contributed by atoms with Gasteiger partial charge in [-0.1, -0.05) is 31.9 Å². The molecule has 0 amide bonds. The Bertz CT molecular complexity index is 205. The zero-order valence-corrected chi connectivity index (χ0v) is 2.71. The minimum absolute atomic E-state index is 0.750. The molecule has 0 aromatic carbocycles. The Morgan fingerprint density at radius 2 is 1.60 bits per heavy atom. The number of hydrogen-bond acceptors (Lipinski definition) is 0. The summed E-state index contributed by atoms with van der Waals surface area (Å²) in [6.07, 6.45) is -11.2. The quantitative estimate of drug-likeness (QED) is 0.415. The Labute approximate surface area is 44.4 Å². The Morgan fingerprint density at radius 1 is 1.00 bits per heavy atom. The lowest BCUT2D eigenvalue weighted by molar-refractivity contribution is 0.886. The van der Waals surface area contributed by atoms with Gasteiger partial charge in [-0.3, -0.25) is 0 Å². The predicted molar refractivity (Wildman–Crippen MR) is 23.1 cm³/mol. The van der Waals surface area contributed by atoms with Crippen LogP contribution < -0.4 is 0 Å². The van der Waals surface area contributed by atoms with Crippen molar-refractivity contribution in [2.24, 2.45) is 0 Å². The molecule has 1 rings (SSSR count).